The van der Waals surface area contributed by atoms with Crippen LogP contribution in [0.5, 0.6) is 0 Å². The van der Waals surface area contributed by atoms with Crippen LogP contribution in [0.4, 0.5) is 0 Å². The third-order valence-corrected chi connectivity index (χ3v) is 3.55. The van der Waals surface area contributed by atoms with E-state index < -0.39 is 0 Å². The zero-order chi connectivity index (χ0) is 11.4. The first-order valence-corrected chi connectivity index (χ1v) is 6.36. The van der Waals surface area contributed by atoms with Crippen molar-refractivity contribution in [2.75, 3.05) is 26.8 Å². The Hall–Kier alpha value is -0.450. The van der Waals surface area contributed by atoms with Crippen molar-refractivity contribution in [3.05, 3.63) is 28.5 Å². The minimum Gasteiger partial charge on any atom is -0.381 e. The lowest BCUT2D eigenvalue weighted by molar-refractivity contribution is 0.150. The van der Waals surface area contributed by atoms with Gasteiger partial charge in [-0.05, 0) is 48.0 Å². The first-order valence-electron chi connectivity index (χ1n) is 5.57. The molecule has 3 nitrogen and oxygen atoms in total. The lowest BCUT2D eigenvalue weighted by Gasteiger charge is -2.26. The monoisotopic (exact) mass is 284 g/mol. The summed E-state index contributed by atoms with van der Waals surface area (Å²) >= 11 is 3.40. The zero-order valence-electron chi connectivity index (χ0n) is 9.50. The first kappa shape index (κ1) is 12.0. The molecular weight excluding hydrogens is 268 g/mol. The van der Waals surface area contributed by atoms with Gasteiger partial charge in [0.05, 0.1) is 6.61 Å². The SMILES string of the molecule is CNCC1(Cc2ccc(Br)cn2)CCOC1. The molecular formula is C12H17BrN2O. The van der Waals surface area contributed by atoms with Gasteiger partial charge in [0.15, 0.2) is 0 Å². The minimum absolute atomic E-state index is 0.232. The Balaban J connectivity index is 2.08. The normalized spacial score (nSPS) is 24.9. The number of ether oxygens (including phenoxy) is 1. The smallest absolute Gasteiger partial charge is 0.0539 e. The molecule has 1 fully saturated rings. The maximum Gasteiger partial charge on any atom is 0.0539 e. The summed E-state index contributed by atoms with van der Waals surface area (Å²) in [5, 5.41) is 3.27. The number of nitrogens with one attached hydrogen (secondary N) is 1. The van der Waals surface area contributed by atoms with Gasteiger partial charge in [0.1, 0.15) is 0 Å². The van der Waals surface area contributed by atoms with Gasteiger partial charge in [-0.15, -0.1) is 0 Å². The van der Waals surface area contributed by atoms with E-state index in [4.69, 9.17) is 4.74 Å². The fourth-order valence-corrected chi connectivity index (χ4v) is 2.50. The molecule has 0 saturated carbocycles. The zero-order valence-corrected chi connectivity index (χ0v) is 11.1. The molecule has 88 valence electrons. The summed E-state index contributed by atoms with van der Waals surface area (Å²) in [7, 11) is 2.00. The summed E-state index contributed by atoms with van der Waals surface area (Å²) in [5.74, 6) is 0. The maximum atomic E-state index is 5.53. The molecule has 4 heteroatoms. The molecule has 1 saturated heterocycles. The van der Waals surface area contributed by atoms with Gasteiger partial charge in [-0.2, -0.15) is 0 Å². The second-order valence-electron chi connectivity index (χ2n) is 4.48. The molecule has 1 aromatic rings. The lowest BCUT2D eigenvalue weighted by atomic mass is 9.82. The summed E-state index contributed by atoms with van der Waals surface area (Å²) in [6, 6.07) is 4.13. The number of rotatable bonds is 4. The molecule has 16 heavy (non-hydrogen) atoms. The van der Waals surface area contributed by atoms with Crippen molar-refractivity contribution in [3.63, 3.8) is 0 Å². The highest BCUT2D eigenvalue weighted by Gasteiger charge is 2.34. The highest BCUT2D eigenvalue weighted by molar-refractivity contribution is 9.10. The van der Waals surface area contributed by atoms with E-state index in [9.17, 15) is 0 Å². The molecule has 0 amide bonds. The van der Waals surface area contributed by atoms with Gasteiger partial charge in [0.25, 0.3) is 0 Å². The van der Waals surface area contributed by atoms with Gasteiger partial charge in [0, 0.05) is 34.9 Å². The van der Waals surface area contributed by atoms with E-state index in [0.29, 0.717) is 0 Å². The van der Waals surface area contributed by atoms with E-state index in [2.05, 4.69) is 32.3 Å². The second kappa shape index (κ2) is 5.25. The quantitative estimate of drug-likeness (QED) is 0.919. The Morgan fingerprint density at radius 1 is 1.56 bits per heavy atom. The average molecular weight is 285 g/mol. The van der Waals surface area contributed by atoms with Crippen molar-refractivity contribution >= 4 is 15.9 Å². The molecule has 0 aromatic carbocycles. The van der Waals surface area contributed by atoms with E-state index in [0.717, 1.165) is 42.8 Å². The van der Waals surface area contributed by atoms with Crippen LogP contribution in [0.3, 0.4) is 0 Å². The Labute approximate surface area is 105 Å². The van der Waals surface area contributed by atoms with Crippen LogP contribution < -0.4 is 5.32 Å². The maximum absolute atomic E-state index is 5.53. The molecule has 0 spiro atoms. The minimum atomic E-state index is 0.232. The number of aromatic nitrogens is 1. The highest BCUT2D eigenvalue weighted by Crippen LogP contribution is 2.31. The van der Waals surface area contributed by atoms with Gasteiger partial charge in [-0.1, -0.05) is 0 Å². The Kier molecular flexibility index (Phi) is 3.95. The molecule has 0 aliphatic carbocycles. The highest BCUT2D eigenvalue weighted by atomic mass is 79.9. The van der Waals surface area contributed by atoms with Crippen LogP contribution in [0.15, 0.2) is 22.8 Å². The van der Waals surface area contributed by atoms with E-state index in [-0.39, 0.29) is 5.41 Å². The van der Waals surface area contributed by atoms with Gasteiger partial charge in [-0.25, -0.2) is 0 Å². The molecule has 1 aliphatic heterocycles. The largest absolute Gasteiger partial charge is 0.381 e. The summed E-state index contributed by atoms with van der Waals surface area (Å²) in [4.78, 5) is 4.44. The van der Waals surface area contributed by atoms with Crippen LogP contribution in [0.25, 0.3) is 0 Å². The van der Waals surface area contributed by atoms with Crippen molar-refractivity contribution in [1.82, 2.24) is 10.3 Å². The van der Waals surface area contributed by atoms with Crippen LogP contribution in [-0.4, -0.2) is 31.8 Å². The molecule has 1 atom stereocenters. The number of halogens is 1. The van der Waals surface area contributed by atoms with E-state index in [1.807, 2.05) is 19.3 Å². The van der Waals surface area contributed by atoms with E-state index in [1.165, 1.54) is 0 Å². The van der Waals surface area contributed by atoms with E-state index in [1.54, 1.807) is 0 Å². The Morgan fingerprint density at radius 3 is 3.00 bits per heavy atom. The van der Waals surface area contributed by atoms with Crippen LogP contribution in [-0.2, 0) is 11.2 Å². The first-order chi connectivity index (χ1) is 7.74. The lowest BCUT2D eigenvalue weighted by Crippen LogP contribution is -2.35. The molecule has 0 radical (unpaired) electrons. The van der Waals surface area contributed by atoms with Crippen LogP contribution >= 0.6 is 15.9 Å². The molecule has 1 N–H and O–H groups in total. The number of hydrogen-bond donors (Lipinski definition) is 1. The van der Waals surface area contributed by atoms with Gasteiger partial charge >= 0.3 is 0 Å². The molecule has 0 bridgehead atoms. The standard InChI is InChI=1S/C12H17BrN2O/c1-14-8-12(4-5-16-9-12)6-11-3-2-10(13)7-15-11/h2-3,7,14H,4-6,8-9H2,1H3. The Morgan fingerprint density at radius 2 is 2.44 bits per heavy atom. The van der Waals surface area contributed by atoms with Crippen molar-refractivity contribution in [3.8, 4) is 0 Å². The summed E-state index contributed by atoms with van der Waals surface area (Å²) < 4.78 is 6.56. The molecule has 1 aliphatic rings. The third-order valence-electron chi connectivity index (χ3n) is 3.08. The number of pyridine rings is 1. The van der Waals surface area contributed by atoms with Gasteiger partial charge in [-0.3, -0.25) is 4.98 Å². The summed E-state index contributed by atoms with van der Waals surface area (Å²) in [5.41, 5.74) is 1.37. The fraction of sp³-hybridized carbons (Fsp3) is 0.583. The van der Waals surface area contributed by atoms with Crippen molar-refractivity contribution < 1.29 is 4.74 Å². The second-order valence-corrected chi connectivity index (χ2v) is 5.39. The van der Waals surface area contributed by atoms with Gasteiger partial charge < -0.3 is 10.1 Å². The van der Waals surface area contributed by atoms with Crippen molar-refractivity contribution in [2.45, 2.75) is 12.8 Å². The summed E-state index contributed by atoms with van der Waals surface area (Å²) in [6.45, 7) is 2.70. The van der Waals surface area contributed by atoms with Crippen LogP contribution in [0, 0.1) is 5.41 Å². The molecule has 2 rings (SSSR count). The topological polar surface area (TPSA) is 34.2 Å². The summed E-state index contributed by atoms with van der Waals surface area (Å²) in [6.07, 6.45) is 3.96. The average Bonchev–Trinajstić information content (AvgIpc) is 2.71. The fourth-order valence-electron chi connectivity index (χ4n) is 2.26. The van der Waals surface area contributed by atoms with Crippen molar-refractivity contribution in [1.29, 1.82) is 0 Å². The van der Waals surface area contributed by atoms with E-state index >= 15 is 0 Å². The number of nitrogens with zero attached hydrogens (tertiary/aromatic N) is 1. The molecule has 1 aromatic heterocycles. The molecule has 2 heterocycles. The molecule has 1 unspecified atom stereocenters. The predicted molar refractivity (Wildman–Crippen MR) is 67.4 cm³/mol. The number of hydrogen-bond acceptors (Lipinski definition) is 3. The predicted octanol–water partition coefficient (Wildman–Crippen LogP) is 2.01. The van der Waals surface area contributed by atoms with Gasteiger partial charge in [0.2, 0.25) is 0 Å². The van der Waals surface area contributed by atoms with Crippen LogP contribution in [0.1, 0.15) is 12.1 Å². The third kappa shape index (κ3) is 2.81. The Bertz CT molecular complexity index is 333. The van der Waals surface area contributed by atoms with Crippen LogP contribution in [0.2, 0.25) is 0 Å². The van der Waals surface area contributed by atoms with Crippen molar-refractivity contribution in [2.24, 2.45) is 5.41 Å².